The number of para-hydroxylation sites is 3. The number of aromatic hydroxyl groups is 1. The van der Waals surface area contributed by atoms with Crippen molar-refractivity contribution >= 4 is 34.9 Å². The van der Waals surface area contributed by atoms with Gasteiger partial charge in [0.05, 0.1) is 22.9 Å². The van der Waals surface area contributed by atoms with Crippen molar-refractivity contribution in [3.8, 4) is 17.3 Å². The minimum absolute atomic E-state index is 0.0996. The number of rotatable bonds is 4. The molecule has 1 aliphatic rings. The number of benzene rings is 2. The second-order valence-electron chi connectivity index (χ2n) is 5.67. The van der Waals surface area contributed by atoms with Crippen molar-refractivity contribution in [2.24, 2.45) is 4.99 Å². The Balaban J connectivity index is 1.82. The first-order valence-electron chi connectivity index (χ1n) is 8.21. The molecule has 0 spiro atoms. The maximum atomic E-state index is 12.5. The molecule has 1 aromatic heterocycles. The highest BCUT2D eigenvalue weighted by molar-refractivity contribution is 7.10. The Morgan fingerprint density at radius 2 is 1.96 bits per heavy atom. The van der Waals surface area contributed by atoms with Gasteiger partial charge in [-0.3, -0.25) is 9.79 Å². The zero-order valence-electron chi connectivity index (χ0n) is 14.0. The normalized spacial score (nSPS) is 14.0. The largest absolute Gasteiger partial charge is 0.493 e. The standard InChI is InChI=1S/C20H16N2O3S/c1-2-25-17-10-6-5-9-16(17)22-19(23)18(26-20(22)24)11-13-12-21-15-8-4-3-7-14(13)15/h3-12,23H,2H2,1H3. The van der Waals surface area contributed by atoms with E-state index in [0.29, 0.717) is 22.9 Å². The highest BCUT2D eigenvalue weighted by Gasteiger charge is 2.19. The van der Waals surface area contributed by atoms with E-state index < -0.39 is 0 Å². The van der Waals surface area contributed by atoms with E-state index in [9.17, 15) is 9.90 Å². The highest BCUT2D eigenvalue weighted by atomic mass is 32.1. The van der Waals surface area contributed by atoms with Crippen LogP contribution in [0.1, 0.15) is 17.4 Å². The van der Waals surface area contributed by atoms with Crippen molar-refractivity contribution in [3.63, 3.8) is 0 Å². The minimum Gasteiger partial charge on any atom is -0.493 e. The predicted octanol–water partition coefficient (Wildman–Crippen LogP) is 4.26. The SMILES string of the molecule is CCOc1ccccc1-n1c(O)c(C=C2C=Nc3ccccc32)sc1=O. The van der Waals surface area contributed by atoms with Gasteiger partial charge in [-0.2, -0.15) is 0 Å². The molecular formula is C20H16N2O3S. The first-order valence-corrected chi connectivity index (χ1v) is 9.03. The Kier molecular flexibility index (Phi) is 4.18. The molecule has 5 nitrogen and oxygen atoms in total. The van der Waals surface area contributed by atoms with Gasteiger partial charge in [0, 0.05) is 17.4 Å². The molecule has 1 aliphatic heterocycles. The van der Waals surface area contributed by atoms with E-state index in [0.717, 1.165) is 28.2 Å². The number of aliphatic imine (C=N–C) groups is 1. The van der Waals surface area contributed by atoms with Gasteiger partial charge in [-0.1, -0.05) is 41.7 Å². The molecule has 6 heteroatoms. The number of thiazole rings is 1. The third kappa shape index (κ3) is 2.74. The highest BCUT2D eigenvalue weighted by Crippen LogP contribution is 2.35. The Bertz CT molecular complexity index is 1090. The summed E-state index contributed by atoms with van der Waals surface area (Å²) in [5.41, 5.74) is 3.25. The van der Waals surface area contributed by atoms with Gasteiger partial charge in [0.15, 0.2) is 0 Å². The predicted molar refractivity (Wildman–Crippen MR) is 105 cm³/mol. The lowest BCUT2D eigenvalue weighted by Gasteiger charge is -2.10. The summed E-state index contributed by atoms with van der Waals surface area (Å²) in [6, 6.07) is 14.9. The maximum Gasteiger partial charge on any atom is 0.315 e. The van der Waals surface area contributed by atoms with Crippen LogP contribution in [0.25, 0.3) is 17.3 Å². The molecule has 0 fully saturated rings. The molecule has 2 aromatic carbocycles. The van der Waals surface area contributed by atoms with Gasteiger partial charge in [-0.05, 0) is 31.2 Å². The molecule has 0 atom stereocenters. The quantitative estimate of drug-likeness (QED) is 0.752. The third-order valence-corrected chi connectivity index (χ3v) is 4.94. The molecule has 0 saturated heterocycles. The van der Waals surface area contributed by atoms with Crippen LogP contribution < -0.4 is 9.61 Å². The van der Waals surface area contributed by atoms with Gasteiger partial charge < -0.3 is 9.84 Å². The molecule has 0 bridgehead atoms. The van der Waals surface area contributed by atoms with Gasteiger partial charge >= 0.3 is 4.87 Å². The van der Waals surface area contributed by atoms with E-state index in [-0.39, 0.29) is 10.8 Å². The van der Waals surface area contributed by atoms with Crippen LogP contribution in [-0.4, -0.2) is 22.5 Å². The van der Waals surface area contributed by atoms with Crippen LogP contribution in [0.3, 0.4) is 0 Å². The van der Waals surface area contributed by atoms with Crippen molar-refractivity contribution < 1.29 is 9.84 Å². The summed E-state index contributed by atoms with van der Waals surface area (Å²) in [5.74, 6) is 0.453. The molecular weight excluding hydrogens is 348 g/mol. The zero-order chi connectivity index (χ0) is 18.1. The molecule has 0 aliphatic carbocycles. The number of fused-ring (bicyclic) bond motifs is 1. The first-order chi connectivity index (χ1) is 12.7. The summed E-state index contributed by atoms with van der Waals surface area (Å²) in [6.45, 7) is 2.35. The van der Waals surface area contributed by atoms with Gasteiger partial charge in [-0.15, -0.1) is 0 Å². The molecule has 130 valence electrons. The van der Waals surface area contributed by atoms with Gasteiger partial charge in [0.2, 0.25) is 5.88 Å². The molecule has 0 amide bonds. The molecule has 0 radical (unpaired) electrons. The van der Waals surface area contributed by atoms with Crippen molar-refractivity contribution in [1.29, 1.82) is 0 Å². The summed E-state index contributed by atoms with van der Waals surface area (Å²) in [4.78, 5) is 17.1. The fraction of sp³-hybridized carbons (Fsp3) is 0.100. The minimum atomic E-state index is -0.273. The van der Waals surface area contributed by atoms with E-state index in [1.807, 2.05) is 37.3 Å². The Morgan fingerprint density at radius 3 is 2.81 bits per heavy atom. The van der Waals surface area contributed by atoms with Gasteiger partial charge in [-0.25, -0.2) is 4.57 Å². The maximum absolute atomic E-state index is 12.5. The van der Waals surface area contributed by atoms with Crippen LogP contribution in [0.4, 0.5) is 5.69 Å². The van der Waals surface area contributed by atoms with Crippen molar-refractivity contribution in [2.75, 3.05) is 6.61 Å². The number of allylic oxidation sites excluding steroid dienone is 1. The smallest absolute Gasteiger partial charge is 0.315 e. The summed E-state index contributed by atoms with van der Waals surface area (Å²) in [6.07, 6.45) is 3.53. The fourth-order valence-electron chi connectivity index (χ4n) is 2.90. The average Bonchev–Trinajstić information content (AvgIpc) is 3.18. The second kappa shape index (κ2) is 6.65. The fourth-order valence-corrected chi connectivity index (χ4v) is 3.74. The number of hydrogen-bond donors (Lipinski definition) is 1. The third-order valence-electron chi connectivity index (χ3n) is 4.06. The Hall–Kier alpha value is -3.12. The Morgan fingerprint density at radius 1 is 1.19 bits per heavy atom. The van der Waals surface area contributed by atoms with E-state index in [1.54, 1.807) is 30.5 Å². The zero-order valence-corrected chi connectivity index (χ0v) is 14.9. The second-order valence-corrected chi connectivity index (χ2v) is 6.66. The molecule has 0 unspecified atom stereocenters. The van der Waals surface area contributed by atoms with Crippen LogP contribution >= 0.6 is 11.3 Å². The van der Waals surface area contributed by atoms with Gasteiger partial charge in [0.25, 0.3) is 0 Å². The summed E-state index contributed by atoms with van der Waals surface area (Å²) in [5, 5.41) is 10.7. The molecule has 2 heterocycles. The lowest BCUT2D eigenvalue weighted by Crippen LogP contribution is -2.11. The monoisotopic (exact) mass is 364 g/mol. The summed E-state index contributed by atoms with van der Waals surface area (Å²) >= 11 is 0.988. The molecule has 0 saturated carbocycles. The van der Waals surface area contributed by atoms with Crippen LogP contribution in [0.5, 0.6) is 11.6 Å². The van der Waals surface area contributed by atoms with Crippen molar-refractivity contribution in [1.82, 2.24) is 4.57 Å². The number of ether oxygens (including phenoxy) is 1. The lowest BCUT2D eigenvalue weighted by atomic mass is 10.1. The average molecular weight is 364 g/mol. The molecule has 3 aromatic rings. The van der Waals surface area contributed by atoms with Crippen LogP contribution in [-0.2, 0) is 0 Å². The molecule has 1 N–H and O–H groups in total. The lowest BCUT2D eigenvalue weighted by molar-refractivity contribution is 0.337. The van der Waals surface area contributed by atoms with Gasteiger partial charge in [0.1, 0.15) is 5.75 Å². The van der Waals surface area contributed by atoms with E-state index in [2.05, 4.69) is 4.99 Å². The summed E-state index contributed by atoms with van der Waals surface area (Å²) in [7, 11) is 0. The Labute approximate surface area is 154 Å². The molecule has 4 rings (SSSR count). The summed E-state index contributed by atoms with van der Waals surface area (Å²) < 4.78 is 6.87. The first kappa shape index (κ1) is 16.4. The van der Waals surface area contributed by atoms with Crippen LogP contribution in [0, 0.1) is 0 Å². The van der Waals surface area contributed by atoms with E-state index >= 15 is 0 Å². The topological polar surface area (TPSA) is 63.8 Å². The van der Waals surface area contributed by atoms with E-state index in [1.165, 1.54) is 4.57 Å². The molecule has 26 heavy (non-hydrogen) atoms. The van der Waals surface area contributed by atoms with Crippen molar-refractivity contribution in [3.05, 3.63) is 68.6 Å². The van der Waals surface area contributed by atoms with Crippen molar-refractivity contribution in [2.45, 2.75) is 6.92 Å². The number of nitrogens with zero attached hydrogens (tertiary/aromatic N) is 2. The van der Waals surface area contributed by atoms with Crippen LogP contribution in [0.15, 0.2) is 58.3 Å². The number of aromatic nitrogens is 1. The van der Waals surface area contributed by atoms with E-state index in [4.69, 9.17) is 4.74 Å². The number of hydrogen-bond acceptors (Lipinski definition) is 5. The van der Waals surface area contributed by atoms with Crippen LogP contribution in [0.2, 0.25) is 0 Å².